The summed E-state index contributed by atoms with van der Waals surface area (Å²) in [5, 5.41) is 4.65. The van der Waals surface area contributed by atoms with E-state index in [4.69, 9.17) is 0 Å². The van der Waals surface area contributed by atoms with Crippen LogP contribution in [0.25, 0.3) is 0 Å². The topological polar surface area (TPSA) is 52.7 Å². The van der Waals surface area contributed by atoms with E-state index in [1.165, 1.54) is 11.3 Å². The van der Waals surface area contributed by atoms with Crippen LogP contribution in [0, 0.1) is 0 Å². The summed E-state index contributed by atoms with van der Waals surface area (Å²) < 4.78 is 0. The normalized spacial score (nSPS) is 12.0. The van der Waals surface area contributed by atoms with Gasteiger partial charge in [-0.05, 0) is 38.0 Å². The van der Waals surface area contributed by atoms with E-state index in [1.54, 1.807) is 17.9 Å². The first-order valence-corrected chi connectivity index (χ1v) is 9.17. The third kappa shape index (κ3) is 5.99. The molecule has 1 unspecified atom stereocenters. The molecule has 0 saturated carbocycles. The monoisotopic (exact) mass is 359 g/mol. The van der Waals surface area contributed by atoms with Crippen LogP contribution in [0.3, 0.4) is 0 Å². The van der Waals surface area contributed by atoms with E-state index in [0.29, 0.717) is 18.0 Å². The number of thiophene rings is 1. The number of amides is 2. The lowest BCUT2D eigenvalue weighted by Gasteiger charge is -2.27. The van der Waals surface area contributed by atoms with Crippen molar-refractivity contribution >= 4 is 23.2 Å². The summed E-state index contributed by atoms with van der Waals surface area (Å²) in [5.41, 5.74) is 1.08. The summed E-state index contributed by atoms with van der Waals surface area (Å²) in [7, 11) is 3.96. The van der Waals surface area contributed by atoms with Gasteiger partial charge in [0.2, 0.25) is 5.91 Å². The van der Waals surface area contributed by atoms with Gasteiger partial charge in [0, 0.05) is 19.6 Å². The van der Waals surface area contributed by atoms with Crippen molar-refractivity contribution in [3.05, 3.63) is 58.3 Å². The van der Waals surface area contributed by atoms with Gasteiger partial charge in [-0.3, -0.25) is 9.59 Å². The van der Waals surface area contributed by atoms with Gasteiger partial charge in [-0.2, -0.15) is 0 Å². The predicted octanol–water partition coefficient (Wildman–Crippen LogP) is 2.46. The molecule has 6 heteroatoms. The fraction of sp³-hybridized carbons (Fsp3) is 0.368. The number of carbonyl (C=O) groups excluding carboxylic acids is 2. The molecule has 2 aromatic rings. The third-order valence-electron chi connectivity index (χ3n) is 3.81. The largest absolute Gasteiger partial charge is 0.340 e. The van der Waals surface area contributed by atoms with Gasteiger partial charge in [0.1, 0.15) is 6.04 Å². The van der Waals surface area contributed by atoms with Crippen LogP contribution in [0.5, 0.6) is 0 Å². The van der Waals surface area contributed by atoms with Crippen LogP contribution in [0.1, 0.15) is 22.2 Å². The number of nitrogens with zero attached hydrogens (tertiary/aromatic N) is 2. The van der Waals surface area contributed by atoms with Crippen LogP contribution in [0.2, 0.25) is 0 Å². The molecule has 1 aromatic heterocycles. The van der Waals surface area contributed by atoms with Crippen LogP contribution in [-0.2, 0) is 11.3 Å². The molecule has 0 aliphatic heterocycles. The minimum atomic E-state index is -0.569. The van der Waals surface area contributed by atoms with E-state index in [9.17, 15) is 9.59 Å². The van der Waals surface area contributed by atoms with Gasteiger partial charge in [-0.15, -0.1) is 11.3 Å². The lowest BCUT2D eigenvalue weighted by Crippen LogP contribution is -2.48. The molecule has 0 aliphatic carbocycles. The smallest absolute Gasteiger partial charge is 0.261 e. The molecule has 1 heterocycles. The van der Waals surface area contributed by atoms with Crippen LogP contribution >= 0.6 is 11.3 Å². The van der Waals surface area contributed by atoms with Gasteiger partial charge < -0.3 is 15.1 Å². The number of hydrogen-bond acceptors (Lipinski definition) is 4. The van der Waals surface area contributed by atoms with Crippen molar-refractivity contribution in [3.63, 3.8) is 0 Å². The van der Waals surface area contributed by atoms with E-state index >= 15 is 0 Å². The Hall–Kier alpha value is -2.18. The number of nitrogens with one attached hydrogen (secondary N) is 1. The van der Waals surface area contributed by atoms with Crippen LogP contribution in [-0.4, -0.2) is 54.8 Å². The number of likely N-dealkylation sites (N-methyl/N-ethyl adjacent to an activating group) is 1. The minimum absolute atomic E-state index is 0.0735. The highest BCUT2D eigenvalue weighted by atomic mass is 32.1. The average molecular weight is 359 g/mol. The summed E-state index contributed by atoms with van der Waals surface area (Å²) in [6.45, 7) is 3.65. The Kier molecular flexibility index (Phi) is 7.16. The first-order valence-electron chi connectivity index (χ1n) is 8.29. The van der Waals surface area contributed by atoms with Crippen molar-refractivity contribution < 1.29 is 9.59 Å². The highest BCUT2D eigenvalue weighted by Crippen LogP contribution is 2.10. The zero-order valence-corrected chi connectivity index (χ0v) is 15.8. The number of benzene rings is 1. The zero-order valence-electron chi connectivity index (χ0n) is 14.9. The second-order valence-corrected chi connectivity index (χ2v) is 7.17. The Bertz CT molecular complexity index is 671. The minimum Gasteiger partial charge on any atom is -0.340 e. The van der Waals surface area contributed by atoms with E-state index in [0.717, 1.165) is 12.1 Å². The van der Waals surface area contributed by atoms with Crippen molar-refractivity contribution in [1.29, 1.82) is 0 Å². The molecule has 25 heavy (non-hydrogen) atoms. The predicted molar refractivity (Wildman–Crippen MR) is 102 cm³/mol. The van der Waals surface area contributed by atoms with Gasteiger partial charge in [0.05, 0.1) is 4.88 Å². The SMILES string of the molecule is CC(NC(=O)c1cccs1)C(=O)N(CCN(C)C)Cc1ccccc1. The van der Waals surface area contributed by atoms with Gasteiger partial charge >= 0.3 is 0 Å². The van der Waals surface area contributed by atoms with E-state index < -0.39 is 6.04 Å². The lowest BCUT2D eigenvalue weighted by molar-refractivity contribution is -0.133. The highest BCUT2D eigenvalue weighted by molar-refractivity contribution is 7.12. The van der Waals surface area contributed by atoms with E-state index in [1.807, 2.05) is 60.8 Å². The molecule has 0 fully saturated rings. The maximum atomic E-state index is 12.9. The molecule has 0 bridgehead atoms. The molecule has 1 N–H and O–H groups in total. The van der Waals surface area contributed by atoms with Crippen molar-refractivity contribution in [2.45, 2.75) is 19.5 Å². The molecular weight excluding hydrogens is 334 g/mol. The number of hydrogen-bond donors (Lipinski definition) is 1. The standard InChI is InChI=1S/C19H25N3O2S/c1-15(20-18(23)17-10-7-13-25-17)19(24)22(12-11-21(2)3)14-16-8-5-4-6-9-16/h4-10,13,15H,11-12,14H2,1-3H3,(H,20,23). The maximum absolute atomic E-state index is 12.9. The molecule has 0 spiro atoms. The zero-order chi connectivity index (χ0) is 18.2. The Morgan fingerprint density at radius 2 is 1.80 bits per heavy atom. The highest BCUT2D eigenvalue weighted by Gasteiger charge is 2.23. The fourth-order valence-corrected chi connectivity index (χ4v) is 3.03. The van der Waals surface area contributed by atoms with Gasteiger partial charge in [-0.25, -0.2) is 0 Å². The molecule has 1 aromatic carbocycles. The first-order chi connectivity index (χ1) is 12.0. The van der Waals surface area contributed by atoms with Gasteiger partial charge in [0.15, 0.2) is 0 Å². The molecular formula is C19H25N3O2S. The average Bonchev–Trinajstić information content (AvgIpc) is 3.13. The molecule has 0 radical (unpaired) electrons. The Morgan fingerprint density at radius 1 is 1.08 bits per heavy atom. The summed E-state index contributed by atoms with van der Waals surface area (Å²) in [6.07, 6.45) is 0. The quantitative estimate of drug-likeness (QED) is 0.788. The molecule has 0 aliphatic rings. The Morgan fingerprint density at radius 3 is 2.40 bits per heavy atom. The molecule has 0 saturated heterocycles. The summed E-state index contributed by atoms with van der Waals surface area (Å²) in [4.78, 5) is 29.5. The molecule has 2 amide bonds. The summed E-state index contributed by atoms with van der Waals surface area (Å²) in [5.74, 6) is -0.279. The van der Waals surface area contributed by atoms with Crippen molar-refractivity contribution in [1.82, 2.24) is 15.1 Å². The second kappa shape index (κ2) is 9.34. The first kappa shape index (κ1) is 19.1. The van der Waals surface area contributed by atoms with Crippen LogP contribution in [0.4, 0.5) is 0 Å². The second-order valence-electron chi connectivity index (χ2n) is 6.22. The molecule has 2 rings (SSSR count). The van der Waals surface area contributed by atoms with Crippen LogP contribution in [0.15, 0.2) is 47.8 Å². The molecule has 1 atom stereocenters. The van der Waals surface area contributed by atoms with Gasteiger partial charge in [0.25, 0.3) is 5.91 Å². The summed E-state index contributed by atoms with van der Waals surface area (Å²) in [6, 6.07) is 12.9. The Balaban J connectivity index is 2.03. The van der Waals surface area contributed by atoms with Crippen molar-refractivity contribution in [2.75, 3.05) is 27.2 Å². The van der Waals surface area contributed by atoms with Crippen LogP contribution < -0.4 is 5.32 Å². The number of rotatable bonds is 8. The van der Waals surface area contributed by atoms with E-state index in [-0.39, 0.29) is 11.8 Å². The van der Waals surface area contributed by atoms with E-state index in [2.05, 4.69) is 5.32 Å². The van der Waals surface area contributed by atoms with Gasteiger partial charge in [-0.1, -0.05) is 36.4 Å². The molecule has 134 valence electrons. The third-order valence-corrected chi connectivity index (χ3v) is 4.68. The maximum Gasteiger partial charge on any atom is 0.261 e. The fourth-order valence-electron chi connectivity index (χ4n) is 2.40. The Labute approximate surface area is 153 Å². The molecule has 5 nitrogen and oxygen atoms in total. The number of carbonyl (C=O) groups is 2. The van der Waals surface area contributed by atoms with Crippen molar-refractivity contribution in [2.24, 2.45) is 0 Å². The summed E-state index contributed by atoms with van der Waals surface area (Å²) >= 11 is 1.37. The lowest BCUT2D eigenvalue weighted by atomic mass is 10.2. The van der Waals surface area contributed by atoms with Crippen molar-refractivity contribution in [3.8, 4) is 0 Å².